The Morgan fingerprint density at radius 2 is 1.96 bits per heavy atom. The van der Waals surface area contributed by atoms with Gasteiger partial charge in [0.05, 0.1) is 25.5 Å². The van der Waals surface area contributed by atoms with Crippen molar-refractivity contribution in [1.82, 2.24) is 4.57 Å². The zero-order valence-electron chi connectivity index (χ0n) is 14.3. The van der Waals surface area contributed by atoms with Crippen molar-refractivity contribution < 1.29 is 14.3 Å². The number of hydrogen-bond donors (Lipinski definition) is 0. The number of esters is 1. The van der Waals surface area contributed by atoms with E-state index in [0.29, 0.717) is 22.7 Å². The lowest BCUT2D eigenvalue weighted by atomic mass is 10.2. The molecule has 26 heavy (non-hydrogen) atoms. The summed E-state index contributed by atoms with van der Waals surface area (Å²) in [4.78, 5) is 30.4. The van der Waals surface area contributed by atoms with Crippen LogP contribution in [0.25, 0.3) is 10.2 Å². The summed E-state index contributed by atoms with van der Waals surface area (Å²) in [5.41, 5.74) is 0.872. The Morgan fingerprint density at radius 1 is 1.19 bits per heavy atom. The maximum atomic E-state index is 12.6. The van der Waals surface area contributed by atoms with Gasteiger partial charge in [-0.1, -0.05) is 30.4 Å². The number of nitrogens with zero attached hydrogens (tertiary/aromatic N) is 2. The summed E-state index contributed by atoms with van der Waals surface area (Å²) >= 11 is 6.09. The molecule has 0 aliphatic heterocycles. The molecule has 1 unspecified atom stereocenters. The van der Waals surface area contributed by atoms with Gasteiger partial charge in [-0.25, -0.2) is 4.79 Å². The van der Waals surface area contributed by atoms with E-state index in [2.05, 4.69) is 20.9 Å². The zero-order chi connectivity index (χ0) is 18.7. The summed E-state index contributed by atoms with van der Waals surface area (Å²) in [5.74, 6) is -0.633. The molecular weight excluding hydrogens is 436 g/mol. The van der Waals surface area contributed by atoms with Crippen molar-refractivity contribution in [1.29, 1.82) is 0 Å². The minimum Gasteiger partial charge on any atom is -0.464 e. The Balaban J connectivity index is 2.17. The molecule has 0 saturated carbocycles. The highest BCUT2D eigenvalue weighted by atomic mass is 79.9. The fourth-order valence-corrected chi connectivity index (χ4v) is 4.97. The molecule has 0 spiro atoms. The van der Waals surface area contributed by atoms with Crippen molar-refractivity contribution in [3.05, 3.63) is 49.9 Å². The first kappa shape index (κ1) is 19.0. The number of carbonyl (C=O) groups excluding carboxylic acids is 2. The minimum absolute atomic E-state index is 0.312. The van der Waals surface area contributed by atoms with Crippen LogP contribution in [0, 0.1) is 0 Å². The van der Waals surface area contributed by atoms with Crippen LogP contribution in [0.4, 0.5) is 0 Å². The molecule has 0 fully saturated rings. The van der Waals surface area contributed by atoms with E-state index >= 15 is 0 Å². The van der Waals surface area contributed by atoms with Gasteiger partial charge in [-0.05, 0) is 53.5 Å². The first-order chi connectivity index (χ1) is 12.5. The van der Waals surface area contributed by atoms with Gasteiger partial charge in [-0.3, -0.25) is 4.79 Å². The van der Waals surface area contributed by atoms with Crippen molar-refractivity contribution in [2.45, 2.75) is 26.3 Å². The average Bonchev–Trinajstić information content (AvgIpc) is 3.20. The van der Waals surface area contributed by atoms with E-state index in [0.717, 1.165) is 14.0 Å². The summed E-state index contributed by atoms with van der Waals surface area (Å²) in [5, 5.41) is 0. The van der Waals surface area contributed by atoms with Crippen LogP contribution in [0.3, 0.4) is 0 Å². The Kier molecular flexibility index (Phi) is 6.05. The maximum Gasteiger partial charge on any atom is 0.329 e. The van der Waals surface area contributed by atoms with Crippen molar-refractivity contribution in [3.63, 3.8) is 0 Å². The van der Waals surface area contributed by atoms with E-state index in [1.54, 1.807) is 13.0 Å². The van der Waals surface area contributed by atoms with Gasteiger partial charge < -0.3 is 9.30 Å². The molecule has 0 saturated heterocycles. The molecule has 3 aromatic rings. The minimum atomic E-state index is -0.521. The van der Waals surface area contributed by atoms with E-state index in [-0.39, 0.29) is 11.9 Å². The smallest absolute Gasteiger partial charge is 0.329 e. The molecule has 8 heteroatoms. The van der Waals surface area contributed by atoms with E-state index in [4.69, 9.17) is 4.74 Å². The molecule has 2 heterocycles. The van der Waals surface area contributed by atoms with Crippen LogP contribution in [0.15, 0.2) is 45.2 Å². The molecule has 3 rings (SSSR count). The third-order valence-corrected chi connectivity index (χ3v) is 6.42. The van der Waals surface area contributed by atoms with E-state index < -0.39 is 6.04 Å². The van der Waals surface area contributed by atoms with Gasteiger partial charge in [-0.15, -0.1) is 11.3 Å². The standard InChI is InChI=1S/C18H17BrN2O3S2/c1-3-11(17(23)24-4-2)21-12-7-5-6-8-13(12)26-18(21)20-16(22)14-9-10-15(19)25-14/h5-11H,3-4H2,1-2H3. The van der Waals surface area contributed by atoms with Gasteiger partial charge in [0.15, 0.2) is 4.80 Å². The lowest BCUT2D eigenvalue weighted by molar-refractivity contribution is -0.147. The predicted octanol–water partition coefficient (Wildman–Crippen LogP) is 4.78. The first-order valence-electron chi connectivity index (χ1n) is 8.16. The zero-order valence-corrected chi connectivity index (χ0v) is 17.5. The number of benzene rings is 1. The number of hydrogen-bond acceptors (Lipinski definition) is 5. The molecule has 0 aliphatic carbocycles. The number of ether oxygens (including phenoxy) is 1. The second-order valence-corrected chi connectivity index (χ2v) is 8.89. The Hall–Kier alpha value is -1.77. The molecule has 2 aromatic heterocycles. The van der Waals surface area contributed by atoms with Gasteiger partial charge in [0.25, 0.3) is 5.91 Å². The Morgan fingerprint density at radius 3 is 2.62 bits per heavy atom. The van der Waals surface area contributed by atoms with Crippen LogP contribution >= 0.6 is 38.6 Å². The van der Waals surface area contributed by atoms with Crippen molar-refractivity contribution in [3.8, 4) is 0 Å². The van der Waals surface area contributed by atoms with Gasteiger partial charge in [0.2, 0.25) is 0 Å². The fraction of sp³-hybridized carbons (Fsp3) is 0.278. The van der Waals surface area contributed by atoms with E-state index in [1.165, 1.54) is 22.7 Å². The summed E-state index contributed by atoms with van der Waals surface area (Å²) in [6, 6.07) is 10.8. The highest BCUT2D eigenvalue weighted by Crippen LogP contribution is 2.25. The number of halogens is 1. The average molecular weight is 453 g/mol. The van der Waals surface area contributed by atoms with Gasteiger partial charge in [0, 0.05) is 0 Å². The van der Waals surface area contributed by atoms with Crippen molar-refractivity contribution in [2.75, 3.05) is 6.61 Å². The van der Waals surface area contributed by atoms with Crippen LogP contribution in [0.1, 0.15) is 36.0 Å². The number of aromatic nitrogens is 1. The normalized spacial score (nSPS) is 13.1. The van der Waals surface area contributed by atoms with Crippen LogP contribution < -0.4 is 4.80 Å². The molecular formula is C18H17BrN2O3S2. The molecule has 0 radical (unpaired) electrons. The molecule has 5 nitrogen and oxygen atoms in total. The largest absolute Gasteiger partial charge is 0.464 e. The highest BCUT2D eigenvalue weighted by molar-refractivity contribution is 9.11. The van der Waals surface area contributed by atoms with Crippen LogP contribution in [0.5, 0.6) is 0 Å². The molecule has 1 atom stereocenters. The molecule has 0 aliphatic rings. The number of carbonyl (C=O) groups is 2. The lowest BCUT2D eigenvalue weighted by Crippen LogP contribution is -2.29. The molecule has 0 bridgehead atoms. The topological polar surface area (TPSA) is 60.7 Å². The number of thiophene rings is 1. The van der Waals surface area contributed by atoms with Crippen molar-refractivity contribution >= 4 is 60.7 Å². The van der Waals surface area contributed by atoms with Crippen molar-refractivity contribution in [2.24, 2.45) is 4.99 Å². The monoisotopic (exact) mass is 452 g/mol. The molecule has 0 N–H and O–H groups in total. The van der Waals surface area contributed by atoms with E-state index in [9.17, 15) is 9.59 Å². The van der Waals surface area contributed by atoms with Gasteiger partial charge in [0.1, 0.15) is 6.04 Å². The number of fused-ring (bicyclic) bond motifs is 1. The first-order valence-corrected chi connectivity index (χ1v) is 10.6. The van der Waals surface area contributed by atoms with E-state index in [1.807, 2.05) is 41.8 Å². The summed E-state index contributed by atoms with van der Waals surface area (Å²) < 4.78 is 8.89. The third-order valence-electron chi connectivity index (χ3n) is 3.77. The summed E-state index contributed by atoms with van der Waals surface area (Å²) in [6.07, 6.45) is 0.547. The Bertz CT molecular complexity index is 1020. The SMILES string of the molecule is CCOC(=O)C(CC)n1c(=NC(=O)c2ccc(Br)s2)sc2ccccc21. The number of thiazole rings is 1. The second-order valence-electron chi connectivity index (χ2n) is 5.42. The van der Waals surface area contributed by atoms with Crippen LogP contribution in [-0.2, 0) is 9.53 Å². The fourth-order valence-electron chi connectivity index (χ4n) is 2.64. The molecule has 1 aromatic carbocycles. The molecule has 1 amide bonds. The third kappa shape index (κ3) is 3.82. The highest BCUT2D eigenvalue weighted by Gasteiger charge is 2.24. The quantitative estimate of drug-likeness (QED) is 0.523. The molecule has 136 valence electrons. The van der Waals surface area contributed by atoms with Gasteiger partial charge in [-0.2, -0.15) is 4.99 Å². The lowest BCUT2D eigenvalue weighted by Gasteiger charge is -2.16. The Labute approximate surface area is 167 Å². The summed E-state index contributed by atoms with van der Waals surface area (Å²) in [6.45, 7) is 4.01. The number of para-hydroxylation sites is 1. The summed E-state index contributed by atoms with van der Waals surface area (Å²) in [7, 11) is 0. The number of rotatable bonds is 5. The second kappa shape index (κ2) is 8.28. The van der Waals surface area contributed by atoms with Crippen LogP contribution in [0.2, 0.25) is 0 Å². The number of amides is 1. The van der Waals surface area contributed by atoms with Gasteiger partial charge >= 0.3 is 5.97 Å². The predicted molar refractivity (Wildman–Crippen MR) is 108 cm³/mol. The van der Waals surface area contributed by atoms with Crippen LogP contribution in [-0.4, -0.2) is 23.1 Å². The maximum absolute atomic E-state index is 12.6.